The molecule has 2 atom stereocenters. The molecule has 2 aromatic carbocycles. The summed E-state index contributed by atoms with van der Waals surface area (Å²) in [5.41, 5.74) is 1.51. The molecule has 0 aliphatic carbocycles. The topological polar surface area (TPSA) is 113 Å². The molecule has 0 N–H and O–H groups in total. The summed E-state index contributed by atoms with van der Waals surface area (Å²) in [6, 6.07) is 8.39. The van der Waals surface area contributed by atoms with Gasteiger partial charge in [-0.1, -0.05) is 0 Å². The minimum atomic E-state index is 0.344. The lowest BCUT2D eigenvalue weighted by Crippen LogP contribution is -2.32. The van der Waals surface area contributed by atoms with Gasteiger partial charge in [0.25, 0.3) is 0 Å². The Hall–Kier alpha value is -4.16. The monoisotopic (exact) mass is 578 g/mol. The largest absolute Gasteiger partial charge is 0.493 e. The summed E-state index contributed by atoms with van der Waals surface area (Å²) in [5, 5.41) is 1.90. The molecule has 0 amide bonds. The maximum absolute atomic E-state index is 5.46. The standard InChI is InChI=1S/2C15H19N3O3/c2*1-18(10-6-7-21-8-10)15-11-4-5-12(19-2)14(20-3)13(11)16-9-17-15/h2*4-5,9-10H,6-8H2,1-3H3/t10-;/m1./s1. The van der Waals surface area contributed by atoms with Gasteiger partial charge in [0.05, 0.1) is 53.7 Å². The van der Waals surface area contributed by atoms with Gasteiger partial charge in [0, 0.05) is 38.1 Å². The molecule has 6 rings (SSSR count). The number of hydrogen-bond acceptors (Lipinski definition) is 12. The number of rotatable bonds is 8. The summed E-state index contributed by atoms with van der Waals surface area (Å²) in [5.74, 6) is 4.38. The van der Waals surface area contributed by atoms with Crippen LogP contribution in [0.3, 0.4) is 0 Å². The average Bonchev–Trinajstić information content (AvgIpc) is 3.78. The summed E-state index contributed by atoms with van der Waals surface area (Å²) in [6.45, 7) is 3.06. The number of nitrogens with zero attached hydrogens (tertiary/aromatic N) is 6. The zero-order valence-electron chi connectivity index (χ0n) is 25.0. The Bertz CT molecular complexity index is 1400. The van der Waals surface area contributed by atoms with Gasteiger partial charge in [-0.15, -0.1) is 0 Å². The second-order valence-electron chi connectivity index (χ2n) is 10.0. The van der Waals surface area contributed by atoms with Crippen LogP contribution in [0.15, 0.2) is 36.9 Å². The summed E-state index contributed by atoms with van der Waals surface area (Å²) >= 11 is 0. The molecule has 2 fully saturated rings. The van der Waals surface area contributed by atoms with Crippen LogP contribution in [0.1, 0.15) is 12.8 Å². The van der Waals surface area contributed by atoms with Crippen molar-refractivity contribution in [2.45, 2.75) is 24.9 Å². The van der Waals surface area contributed by atoms with Crippen molar-refractivity contribution in [1.29, 1.82) is 0 Å². The highest BCUT2D eigenvalue weighted by Gasteiger charge is 2.25. The molecule has 2 aliphatic rings. The van der Waals surface area contributed by atoms with Gasteiger partial charge in [-0.3, -0.25) is 0 Å². The molecule has 4 heterocycles. The van der Waals surface area contributed by atoms with Gasteiger partial charge in [0.1, 0.15) is 35.3 Å². The third kappa shape index (κ3) is 5.64. The molecular weight excluding hydrogens is 540 g/mol. The Morgan fingerprint density at radius 3 is 1.38 bits per heavy atom. The van der Waals surface area contributed by atoms with Gasteiger partial charge >= 0.3 is 0 Å². The third-order valence-electron chi connectivity index (χ3n) is 7.83. The highest BCUT2D eigenvalue weighted by atomic mass is 16.5. The van der Waals surface area contributed by atoms with Crippen LogP contribution in [0, 0.1) is 0 Å². The van der Waals surface area contributed by atoms with E-state index in [4.69, 9.17) is 28.4 Å². The van der Waals surface area contributed by atoms with Crippen molar-refractivity contribution >= 4 is 33.4 Å². The van der Waals surface area contributed by atoms with E-state index in [1.165, 1.54) is 0 Å². The number of aromatic nitrogens is 4. The molecule has 42 heavy (non-hydrogen) atoms. The minimum absolute atomic E-state index is 0.344. The highest BCUT2D eigenvalue weighted by Crippen LogP contribution is 2.38. The van der Waals surface area contributed by atoms with Gasteiger partial charge in [-0.25, -0.2) is 19.9 Å². The number of benzene rings is 2. The van der Waals surface area contributed by atoms with E-state index in [2.05, 4.69) is 29.7 Å². The first-order chi connectivity index (χ1) is 20.5. The summed E-state index contributed by atoms with van der Waals surface area (Å²) in [7, 11) is 10.6. The maximum Gasteiger partial charge on any atom is 0.187 e. The number of ether oxygens (including phenoxy) is 6. The van der Waals surface area contributed by atoms with Crippen LogP contribution >= 0.6 is 0 Å². The zero-order valence-corrected chi connectivity index (χ0v) is 25.0. The first kappa shape index (κ1) is 29.3. The fraction of sp³-hybridized carbons (Fsp3) is 0.467. The van der Waals surface area contributed by atoms with Gasteiger partial charge in [-0.05, 0) is 37.1 Å². The van der Waals surface area contributed by atoms with Gasteiger partial charge in [-0.2, -0.15) is 0 Å². The summed E-state index contributed by atoms with van der Waals surface area (Å²) < 4.78 is 32.5. The van der Waals surface area contributed by atoms with Gasteiger partial charge < -0.3 is 38.2 Å². The zero-order chi connectivity index (χ0) is 29.6. The van der Waals surface area contributed by atoms with E-state index < -0.39 is 0 Å². The van der Waals surface area contributed by atoms with Crippen LogP contribution in [0.25, 0.3) is 21.8 Å². The first-order valence-electron chi connectivity index (χ1n) is 13.8. The Morgan fingerprint density at radius 1 is 0.619 bits per heavy atom. The molecule has 224 valence electrons. The van der Waals surface area contributed by atoms with E-state index in [-0.39, 0.29) is 0 Å². The minimum Gasteiger partial charge on any atom is -0.493 e. The van der Waals surface area contributed by atoms with Crippen molar-refractivity contribution in [3.63, 3.8) is 0 Å². The number of likely N-dealkylation sites (N-methyl/N-ethyl adjacent to an activating group) is 2. The fourth-order valence-electron chi connectivity index (χ4n) is 5.42. The van der Waals surface area contributed by atoms with E-state index >= 15 is 0 Å². The number of fused-ring (bicyclic) bond motifs is 2. The average molecular weight is 579 g/mol. The van der Waals surface area contributed by atoms with Crippen molar-refractivity contribution in [3.8, 4) is 23.0 Å². The Labute approximate surface area is 245 Å². The van der Waals surface area contributed by atoms with E-state index in [0.717, 1.165) is 72.7 Å². The second-order valence-corrected chi connectivity index (χ2v) is 10.0. The molecule has 2 aliphatic heterocycles. The van der Waals surface area contributed by atoms with E-state index in [1.54, 1.807) is 41.1 Å². The fourth-order valence-corrected chi connectivity index (χ4v) is 5.42. The SMILES string of the molecule is COc1ccc2c(N(C)C3CCOC3)ncnc2c1OC.COc1ccc2c(N(C)[C@@H]3CCOC3)ncnc2c1OC. The van der Waals surface area contributed by atoms with Gasteiger partial charge in [0.2, 0.25) is 0 Å². The molecule has 12 nitrogen and oxygen atoms in total. The van der Waals surface area contributed by atoms with Crippen molar-refractivity contribution < 1.29 is 28.4 Å². The molecule has 2 saturated heterocycles. The molecule has 0 saturated carbocycles. The predicted octanol–water partition coefficient (Wildman–Crippen LogP) is 3.74. The second kappa shape index (κ2) is 13.2. The molecular formula is C30H38N6O6. The summed E-state index contributed by atoms with van der Waals surface area (Å²) in [4.78, 5) is 21.9. The Morgan fingerprint density at radius 2 is 1.05 bits per heavy atom. The normalized spacial score (nSPS) is 18.0. The Kier molecular flexibility index (Phi) is 9.23. The van der Waals surface area contributed by atoms with Crippen LogP contribution in [-0.2, 0) is 9.47 Å². The number of anilines is 2. The van der Waals surface area contributed by atoms with Crippen LogP contribution in [0.4, 0.5) is 11.6 Å². The lowest BCUT2D eigenvalue weighted by molar-refractivity contribution is 0.193. The molecule has 1 unspecified atom stereocenters. The third-order valence-corrected chi connectivity index (χ3v) is 7.83. The van der Waals surface area contributed by atoms with Crippen molar-refractivity contribution in [1.82, 2.24) is 19.9 Å². The Balaban J connectivity index is 0.000000168. The predicted molar refractivity (Wildman–Crippen MR) is 161 cm³/mol. The number of hydrogen-bond donors (Lipinski definition) is 0. The van der Waals surface area contributed by atoms with Crippen molar-refractivity contribution in [2.75, 3.05) is 78.8 Å². The lowest BCUT2D eigenvalue weighted by atomic mass is 10.1. The number of methoxy groups -OCH3 is 4. The molecule has 0 radical (unpaired) electrons. The summed E-state index contributed by atoms with van der Waals surface area (Å²) in [6.07, 6.45) is 5.14. The quantitative estimate of drug-likeness (QED) is 0.303. The van der Waals surface area contributed by atoms with E-state index in [9.17, 15) is 0 Å². The molecule has 12 heteroatoms. The van der Waals surface area contributed by atoms with Gasteiger partial charge in [0.15, 0.2) is 23.0 Å². The smallest absolute Gasteiger partial charge is 0.187 e. The molecule has 0 spiro atoms. The van der Waals surface area contributed by atoms with Crippen LogP contribution < -0.4 is 28.7 Å². The molecule has 0 bridgehead atoms. The van der Waals surface area contributed by atoms with Crippen LogP contribution in [0.2, 0.25) is 0 Å². The van der Waals surface area contributed by atoms with Crippen LogP contribution in [0.5, 0.6) is 23.0 Å². The first-order valence-corrected chi connectivity index (χ1v) is 13.8. The molecule has 4 aromatic rings. The lowest BCUT2D eigenvalue weighted by Gasteiger charge is -2.25. The molecule has 2 aromatic heterocycles. The van der Waals surface area contributed by atoms with E-state index in [1.807, 2.05) is 38.4 Å². The van der Waals surface area contributed by atoms with Crippen LogP contribution in [-0.4, -0.2) is 101 Å². The maximum atomic E-state index is 5.46. The van der Waals surface area contributed by atoms with Crippen molar-refractivity contribution in [3.05, 3.63) is 36.9 Å². The van der Waals surface area contributed by atoms with E-state index in [0.29, 0.717) is 35.1 Å². The van der Waals surface area contributed by atoms with Crippen molar-refractivity contribution in [2.24, 2.45) is 0 Å². The highest BCUT2D eigenvalue weighted by molar-refractivity contribution is 5.96.